The average molecular weight is 712 g/mol. The standard InChI is InChI=1S/C38H39N3O7P2/c1-3-27(2)26-41-37(43)39(22-12-24-49(45)34-20-10-6-16-30(34)28-14-4-8-18-32(28)47-49)36(42)40(38(41)44)23-13-25-50(46)35-21-11-7-17-31(35)29-15-5-9-19-33(29)48-50/h4-11,14-21,27H,3,12-13,22-26H2,1-2H3. The van der Waals surface area contributed by atoms with Gasteiger partial charge in [0.1, 0.15) is 11.5 Å². The SMILES string of the molecule is CCC(C)Cn1c(=O)n(CCCP2(=O)Oc3ccccc3-c3ccccc32)c(=O)n(CCCP2(=O)Oc3ccccc3-c3ccccc32)c1=O. The van der Waals surface area contributed by atoms with Crippen LogP contribution in [-0.4, -0.2) is 26.0 Å². The first-order valence-electron chi connectivity index (χ1n) is 17.0. The first kappa shape index (κ1) is 33.8. The topological polar surface area (TPSA) is 119 Å². The minimum Gasteiger partial charge on any atom is -0.439 e. The minimum absolute atomic E-state index is 0.00546. The second kappa shape index (κ2) is 13.6. The quantitative estimate of drug-likeness (QED) is 0.147. The highest BCUT2D eigenvalue weighted by molar-refractivity contribution is 7.68. The fraction of sp³-hybridized carbons (Fsp3) is 0.289. The van der Waals surface area contributed by atoms with Crippen molar-refractivity contribution in [3.8, 4) is 33.8 Å². The molecule has 0 saturated heterocycles. The van der Waals surface area contributed by atoms with E-state index in [1.165, 1.54) is 0 Å². The van der Waals surface area contributed by atoms with Crippen LogP contribution in [0.4, 0.5) is 0 Å². The summed E-state index contributed by atoms with van der Waals surface area (Å²) in [4.78, 5) is 41.3. The van der Waals surface area contributed by atoms with Crippen LogP contribution in [0, 0.1) is 5.92 Å². The van der Waals surface area contributed by atoms with Crippen molar-refractivity contribution in [1.29, 1.82) is 0 Å². The molecule has 2 aliphatic rings. The fourth-order valence-corrected chi connectivity index (χ4v) is 11.5. The molecule has 1 aromatic heterocycles. The van der Waals surface area contributed by atoms with Crippen molar-refractivity contribution in [1.82, 2.24) is 13.7 Å². The maximum atomic E-state index is 14.4. The lowest BCUT2D eigenvalue weighted by Crippen LogP contribution is -2.55. The Hall–Kier alpha value is -4.65. The highest BCUT2D eigenvalue weighted by Crippen LogP contribution is 2.56. The first-order valence-corrected chi connectivity index (χ1v) is 20.7. The molecule has 50 heavy (non-hydrogen) atoms. The number of benzene rings is 4. The van der Waals surface area contributed by atoms with Gasteiger partial charge in [0.05, 0.1) is 10.6 Å². The van der Waals surface area contributed by atoms with Gasteiger partial charge in [0.15, 0.2) is 0 Å². The summed E-state index contributed by atoms with van der Waals surface area (Å²) in [5, 5.41) is 1.21. The molecule has 0 radical (unpaired) electrons. The molecule has 0 saturated carbocycles. The number of hydrogen-bond acceptors (Lipinski definition) is 7. The lowest BCUT2D eigenvalue weighted by Gasteiger charge is -2.29. The van der Waals surface area contributed by atoms with Crippen LogP contribution >= 0.6 is 14.7 Å². The molecule has 2 aliphatic heterocycles. The molecule has 0 bridgehead atoms. The fourth-order valence-electron chi connectivity index (χ4n) is 6.82. The summed E-state index contributed by atoms with van der Waals surface area (Å²) >= 11 is 0. The average Bonchev–Trinajstić information content (AvgIpc) is 3.13. The van der Waals surface area contributed by atoms with Crippen molar-refractivity contribution in [2.75, 3.05) is 12.3 Å². The van der Waals surface area contributed by atoms with E-state index in [1.54, 1.807) is 24.3 Å². The van der Waals surface area contributed by atoms with E-state index in [4.69, 9.17) is 9.05 Å². The van der Waals surface area contributed by atoms with Crippen LogP contribution in [0.2, 0.25) is 0 Å². The van der Waals surface area contributed by atoms with Gasteiger partial charge in [-0.25, -0.2) is 28.1 Å². The van der Waals surface area contributed by atoms with Crippen LogP contribution in [0.25, 0.3) is 22.3 Å². The number of rotatable bonds is 11. The number of hydrogen-bond donors (Lipinski definition) is 0. The largest absolute Gasteiger partial charge is 0.439 e. The number of para-hydroxylation sites is 2. The molecule has 0 aliphatic carbocycles. The Morgan fingerprint density at radius 3 is 1.38 bits per heavy atom. The molecule has 0 amide bonds. The van der Waals surface area contributed by atoms with Gasteiger partial charge in [-0.05, 0) is 54.2 Å². The maximum Gasteiger partial charge on any atom is 0.336 e. The second-order valence-corrected chi connectivity index (χ2v) is 17.9. The molecule has 258 valence electrons. The van der Waals surface area contributed by atoms with Crippen LogP contribution in [0.3, 0.4) is 0 Å². The van der Waals surface area contributed by atoms with E-state index in [0.717, 1.165) is 42.4 Å². The van der Waals surface area contributed by atoms with Crippen molar-refractivity contribution in [2.45, 2.75) is 52.7 Å². The lowest BCUT2D eigenvalue weighted by atomic mass is 10.0. The summed E-state index contributed by atoms with van der Waals surface area (Å²) in [6, 6.07) is 29.7. The number of fused-ring (bicyclic) bond motifs is 6. The summed E-state index contributed by atoms with van der Waals surface area (Å²) in [6.45, 7) is 3.95. The molecule has 12 heteroatoms. The molecule has 5 aromatic rings. The molecule has 4 aromatic carbocycles. The summed E-state index contributed by atoms with van der Waals surface area (Å²) in [5.41, 5.74) is 1.26. The minimum atomic E-state index is -3.39. The van der Waals surface area contributed by atoms with Gasteiger partial charge in [0.2, 0.25) is 0 Å². The third-order valence-corrected chi connectivity index (χ3v) is 14.7. The zero-order valence-corrected chi connectivity index (χ0v) is 29.9. The third kappa shape index (κ3) is 6.05. The highest BCUT2D eigenvalue weighted by atomic mass is 31.2. The molecule has 0 N–H and O–H groups in total. The second-order valence-electron chi connectivity index (χ2n) is 13.0. The molecule has 7 rings (SSSR count). The van der Waals surface area contributed by atoms with Crippen molar-refractivity contribution in [3.05, 3.63) is 129 Å². The number of aromatic nitrogens is 3. The Labute approximate surface area is 289 Å². The van der Waals surface area contributed by atoms with Crippen LogP contribution in [0.5, 0.6) is 11.5 Å². The molecule has 0 fully saturated rings. The highest BCUT2D eigenvalue weighted by Gasteiger charge is 2.37. The monoisotopic (exact) mass is 711 g/mol. The van der Waals surface area contributed by atoms with Gasteiger partial charge in [0, 0.05) is 43.1 Å². The van der Waals surface area contributed by atoms with Crippen molar-refractivity contribution < 1.29 is 18.2 Å². The molecule has 3 unspecified atom stereocenters. The Morgan fingerprint density at radius 2 is 0.940 bits per heavy atom. The van der Waals surface area contributed by atoms with Gasteiger partial charge in [-0.1, -0.05) is 93.1 Å². The lowest BCUT2D eigenvalue weighted by molar-refractivity contribution is 0.385. The Balaban J connectivity index is 1.16. The smallest absolute Gasteiger partial charge is 0.336 e. The van der Waals surface area contributed by atoms with Crippen LogP contribution in [0.1, 0.15) is 33.1 Å². The molecule has 0 spiro atoms. The maximum absolute atomic E-state index is 14.4. The summed E-state index contributed by atoms with van der Waals surface area (Å²) < 4.78 is 44.2. The number of nitrogens with zero attached hydrogens (tertiary/aromatic N) is 3. The van der Waals surface area contributed by atoms with Crippen LogP contribution in [0.15, 0.2) is 111 Å². The van der Waals surface area contributed by atoms with E-state index in [2.05, 4.69) is 0 Å². The van der Waals surface area contributed by atoms with Gasteiger partial charge >= 0.3 is 17.1 Å². The molecule has 3 heterocycles. The zero-order valence-electron chi connectivity index (χ0n) is 28.1. The van der Waals surface area contributed by atoms with Gasteiger partial charge in [0.25, 0.3) is 14.7 Å². The van der Waals surface area contributed by atoms with Crippen molar-refractivity contribution in [2.24, 2.45) is 5.92 Å². The van der Waals surface area contributed by atoms with E-state index in [0.29, 0.717) is 22.1 Å². The summed E-state index contributed by atoms with van der Waals surface area (Å²) in [7, 11) is -6.78. The van der Waals surface area contributed by atoms with E-state index < -0.39 is 31.8 Å². The Kier molecular flexibility index (Phi) is 9.19. The van der Waals surface area contributed by atoms with E-state index >= 15 is 0 Å². The van der Waals surface area contributed by atoms with Crippen molar-refractivity contribution >= 4 is 25.3 Å². The third-order valence-electron chi connectivity index (χ3n) is 9.63. The predicted octanol–water partition coefficient (Wildman–Crippen LogP) is 6.32. The van der Waals surface area contributed by atoms with Gasteiger partial charge in [-0.3, -0.25) is 9.13 Å². The van der Waals surface area contributed by atoms with E-state index in [9.17, 15) is 23.5 Å². The Bertz CT molecular complexity index is 2220. The van der Waals surface area contributed by atoms with Crippen LogP contribution < -0.4 is 36.7 Å². The summed E-state index contributed by atoms with van der Waals surface area (Å²) in [6.07, 6.45) is 1.31. The molecular formula is C38H39N3O7P2. The van der Waals surface area contributed by atoms with Gasteiger partial charge in [-0.15, -0.1) is 0 Å². The predicted molar refractivity (Wildman–Crippen MR) is 197 cm³/mol. The first-order chi connectivity index (χ1) is 24.1. The molecular weight excluding hydrogens is 672 g/mol. The molecule has 10 nitrogen and oxygen atoms in total. The van der Waals surface area contributed by atoms with Crippen molar-refractivity contribution in [3.63, 3.8) is 0 Å². The van der Waals surface area contributed by atoms with E-state index in [1.807, 2.05) is 86.6 Å². The normalized spacial score (nSPS) is 19.2. The van der Waals surface area contributed by atoms with Gasteiger partial charge < -0.3 is 9.05 Å². The zero-order chi connectivity index (χ0) is 35.0. The summed E-state index contributed by atoms with van der Waals surface area (Å²) in [5.74, 6) is 1.07. The van der Waals surface area contributed by atoms with E-state index in [-0.39, 0.29) is 50.7 Å². The van der Waals surface area contributed by atoms with Crippen LogP contribution in [-0.2, 0) is 28.8 Å². The Morgan fingerprint density at radius 1 is 0.560 bits per heavy atom. The molecule has 3 atom stereocenters. The van der Waals surface area contributed by atoms with Gasteiger partial charge in [-0.2, -0.15) is 0 Å².